The van der Waals surface area contributed by atoms with Crippen molar-refractivity contribution in [2.45, 2.75) is 19.3 Å². The lowest BCUT2D eigenvalue weighted by molar-refractivity contribution is 0.124. The molecule has 0 spiro atoms. The summed E-state index contributed by atoms with van der Waals surface area (Å²) in [6.07, 6.45) is 1.82. The Morgan fingerprint density at radius 3 is 2.62 bits per heavy atom. The molecule has 0 saturated carbocycles. The highest BCUT2D eigenvalue weighted by Gasteiger charge is 2.23. The molecular weight excluding hydrogens is 330 g/mol. The Labute approximate surface area is 151 Å². The maximum absolute atomic E-state index is 11.0. The number of amides is 1. The molecule has 4 rings (SSSR count). The van der Waals surface area contributed by atoms with Crippen LogP contribution in [0.2, 0.25) is 0 Å². The highest BCUT2D eigenvalue weighted by atomic mass is 16.4. The molecule has 1 fully saturated rings. The second-order valence-corrected chi connectivity index (χ2v) is 6.63. The highest BCUT2D eigenvalue weighted by molar-refractivity contribution is 5.65. The number of carbonyl (C=O) groups is 1. The number of benzene rings is 1. The Kier molecular flexibility index (Phi) is 4.43. The molecule has 0 unspecified atom stereocenters. The SMILES string of the molecule is O=C(O)N1CCC(Cc2cccc3nc(Nc4ccccc4)nn23)CC1. The van der Waals surface area contributed by atoms with Gasteiger partial charge in [-0.1, -0.05) is 24.3 Å². The number of nitrogens with zero attached hydrogens (tertiary/aromatic N) is 4. The van der Waals surface area contributed by atoms with E-state index in [4.69, 9.17) is 5.11 Å². The molecule has 1 aliphatic heterocycles. The molecule has 3 aromatic rings. The quantitative estimate of drug-likeness (QED) is 0.753. The first-order valence-corrected chi connectivity index (χ1v) is 8.83. The van der Waals surface area contributed by atoms with Crippen molar-refractivity contribution in [3.05, 3.63) is 54.2 Å². The summed E-state index contributed by atoms with van der Waals surface area (Å²) >= 11 is 0. The van der Waals surface area contributed by atoms with Crippen LogP contribution in [0, 0.1) is 5.92 Å². The van der Waals surface area contributed by atoms with Crippen LogP contribution >= 0.6 is 0 Å². The number of carboxylic acid groups (broad SMARTS) is 1. The van der Waals surface area contributed by atoms with Gasteiger partial charge in [0.2, 0.25) is 5.95 Å². The smallest absolute Gasteiger partial charge is 0.407 e. The lowest BCUT2D eigenvalue weighted by Crippen LogP contribution is -2.38. The Morgan fingerprint density at radius 2 is 1.88 bits per heavy atom. The third kappa shape index (κ3) is 3.46. The van der Waals surface area contributed by atoms with E-state index in [1.165, 1.54) is 4.90 Å². The van der Waals surface area contributed by atoms with Crippen molar-refractivity contribution in [1.29, 1.82) is 0 Å². The van der Waals surface area contributed by atoms with Crippen LogP contribution in [0.3, 0.4) is 0 Å². The fourth-order valence-corrected chi connectivity index (χ4v) is 3.44. The van der Waals surface area contributed by atoms with Crippen LogP contribution in [-0.2, 0) is 6.42 Å². The summed E-state index contributed by atoms with van der Waals surface area (Å²) < 4.78 is 1.88. The molecule has 7 heteroatoms. The predicted octanol–water partition coefficient (Wildman–Crippen LogP) is 3.41. The fourth-order valence-electron chi connectivity index (χ4n) is 3.44. The van der Waals surface area contributed by atoms with E-state index in [1.54, 1.807) is 0 Å². The van der Waals surface area contributed by atoms with Gasteiger partial charge in [0.05, 0.1) is 0 Å². The standard InChI is InChI=1S/C19H21N5O2/c25-19(26)23-11-9-14(10-12-23)13-16-7-4-8-17-21-18(22-24(16)17)20-15-5-2-1-3-6-15/h1-8,14H,9-13H2,(H,20,22)(H,25,26). The summed E-state index contributed by atoms with van der Waals surface area (Å²) in [7, 11) is 0. The number of likely N-dealkylation sites (tertiary alicyclic amines) is 1. The molecule has 0 atom stereocenters. The summed E-state index contributed by atoms with van der Waals surface area (Å²) in [4.78, 5) is 17.1. The maximum atomic E-state index is 11.0. The van der Waals surface area contributed by atoms with Crippen molar-refractivity contribution in [2.24, 2.45) is 5.92 Å². The van der Waals surface area contributed by atoms with Crippen molar-refractivity contribution >= 4 is 23.4 Å². The number of hydrogen-bond donors (Lipinski definition) is 2. The molecule has 3 heterocycles. The van der Waals surface area contributed by atoms with Crippen LogP contribution in [0.15, 0.2) is 48.5 Å². The number of para-hydroxylation sites is 1. The lowest BCUT2D eigenvalue weighted by Gasteiger charge is -2.29. The van der Waals surface area contributed by atoms with Crippen LogP contribution in [0.1, 0.15) is 18.5 Å². The van der Waals surface area contributed by atoms with E-state index in [0.29, 0.717) is 25.0 Å². The van der Waals surface area contributed by atoms with E-state index < -0.39 is 6.09 Å². The van der Waals surface area contributed by atoms with Crippen LogP contribution in [0.5, 0.6) is 0 Å². The molecule has 1 amide bonds. The van der Waals surface area contributed by atoms with Gasteiger partial charge in [-0.15, -0.1) is 5.10 Å². The number of piperidine rings is 1. The van der Waals surface area contributed by atoms with Crippen molar-refractivity contribution in [3.8, 4) is 0 Å². The Balaban J connectivity index is 1.50. The summed E-state index contributed by atoms with van der Waals surface area (Å²) in [6.45, 7) is 1.21. The zero-order valence-electron chi connectivity index (χ0n) is 14.4. The highest BCUT2D eigenvalue weighted by Crippen LogP contribution is 2.23. The van der Waals surface area contributed by atoms with Gasteiger partial charge in [0.1, 0.15) is 0 Å². The van der Waals surface area contributed by atoms with Gasteiger partial charge in [-0.05, 0) is 49.4 Å². The zero-order chi connectivity index (χ0) is 17.9. The van der Waals surface area contributed by atoms with E-state index in [2.05, 4.69) is 21.5 Å². The normalized spacial score (nSPS) is 15.3. The van der Waals surface area contributed by atoms with Crippen molar-refractivity contribution in [2.75, 3.05) is 18.4 Å². The van der Waals surface area contributed by atoms with E-state index in [1.807, 2.05) is 47.0 Å². The van der Waals surface area contributed by atoms with Gasteiger partial charge >= 0.3 is 6.09 Å². The summed E-state index contributed by atoms with van der Waals surface area (Å²) in [5.41, 5.74) is 2.86. The average molecular weight is 351 g/mol. The minimum atomic E-state index is -0.821. The molecule has 2 N–H and O–H groups in total. The molecule has 1 aromatic carbocycles. The summed E-state index contributed by atoms with van der Waals surface area (Å²) in [5.74, 6) is 1.04. The molecule has 26 heavy (non-hydrogen) atoms. The first kappa shape index (κ1) is 16.4. The molecule has 1 saturated heterocycles. The van der Waals surface area contributed by atoms with E-state index in [-0.39, 0.29) is 0 Å². The molecule has 0 aliphatic carbocycles. The van der Waals surface area contributed by atoms with Gasteiger partial charge in [0, 0.05) is 24.5 Å². The predicted molar refractivity (Wildman–Crippen MR) is 98.7 cm³/mol. The number of rotatable bonds is 4. The number of aromatic nitrogens is 3. The molecular formula is C19H21N5O2. The minimum absolute atomic E-state index is 0.464. The van der Waals surface area contributed by atoms with Crippen LogP contribution < -0.4 is 5.32 Å². The van der Waals surface area contributed by atoms with Gasteiger partial charge in [0.25, 0.3) is 0 Å². The van der Waals surface area contributed by atoms with Crippen molar-refractivity contribution in [1.82, 2.24) is 19.5 Å². The van der Waals surface area contributed by atoms with E-state index in [0.717, 1.165) is 36.3 Å². The third-order valence-corrected chi connectivity index (χ3v) is 4.85. The van der Waals surface area contributed by atoms with Crippen molar-refractivity contribution in [3.63, 3.8) is 0 Å². The Hall–Kier alpha value is -3.09. The lowest BCUT2D eigenvalue weighted by atomic mass is 9.92. The molecule has 0 bridgehead atoms. The second kappa shape index (κ2) is 7.03. The molecule has 2 aromatic heterocycles. The number of fused-ring (bicyclic) bond motifs is 1. The topological polar surface area (TPSA) is 82.8 Å². The number of nitrogens with one attached hydrogen (secondary N) is 1. The van der Waals surface area contributed by atoms with E-state index >= 15 is 0 Å². The first-order valence-electron chi connectivity index (χ1n) is 8.83. The molecule has 0 radical (unpaired) electrons. The number of hydrogen-bond acceptors (Lipinski definition) is 4. The average Bonchev–Trinajstić information content (AvgIpc) is 3.06. The van der Waals surface area contributed by atoms with E-state index in [9.17, 15) is 4.79 Å². The molecule has 134 valence electrons. The Morgan fingerprint density at radius 1 is 1.12 bits per heavy atom. The molecule has 7 nitrogen and oxygen atoms in total. The monoisotopic (exact) mass is 351 g/mol. The van der Waals surface area contributed by atoms with Crippen LogP contribution in [-0.4, -0.2) is 43.8 Å². The second-order valence-electron chi connectivity index (χ2n) is 6.63. The van der Waals surface area contributed by atoms with Gasteiger partial charge in [-0.25, -0.2) is 9.31 Å². The summed E-state index contributed by atoms with van der Waals surface area (Å²) in [5, 5.41) is 16.9. The first-order chi connectivity index (χ1) is 12.7. The largest absolute Gasteiger partial charge is 0.465 e. The van der Waals surface area contributed by atoms with Crippen LogP contribution in [0.25, 0.3) is 5.65 Å². The third-order valence-electron chi connectivity index (χ3n) is 4.85. The fraction of sp³-hybridized carbons (Fsp3) is 0.316. The number of anilines is 2. The Bertz CT molecular complexity index is 901. The van der Waals surface area contributed by atoms with Crippen LogP contribution in [0.4, 0.5) is 16.4 Å². The summed E-state index contributed by atoms with van der Waals surface area (Å²) in [6, 6.07) is 15.9. The molecule has 1 aliphatic rings. The minimum Gasteiger partial charge on any atom is -0.465 e. The van der Waals surface area contributed by atoms with Gasteiger partial charge < -0.3 is 15.3 Å². The van der Waals surface area contributed by atoms with Crippen molar-refractivity contribution < 1.29 is 9.90 Å². The maximum Gasteiger partial charge on any atom is 0.407 e. The van der Waals surface area contributed by atoms with Gasteiger partial charge in [-0.3, -0.25) is 0 Å². The van der Waals surface area contributed by atoms with Gasteiger partial charge in [0.15, 0.2) is 5.65 Å². The van der Waals surface area contributed by atoms with Gasteiger partial charge in [-0.2, -0.15) is 4.98 Å². The zero-order valence-corrected chi connectivity index (χ0v) is 14.4. The number of pyridine rings is 1.